The Hall–Kier alpha value is 0.580. The van der Waals surface area contributed by atoms with Gasteiger partial charge in [0.05, 0.1) is 5.33 Å². The van der Waals surface area contributed by atoms with Crippen LogP contribution in [0.3, 0.4) is 0 Å². The summed E-state index contributed by atoms with van der Waals surface area (Å²) in [5.74, 6) is 0.119. The monoisotopic (exact) mass is 416 g/mol. The highest BCUT2D eigenvalue weighted by molar-refractivity contribution is 14.1. The van der Waals surface area contributed by atoms with Crippen LogP contribution in [0.25, 0.3) is 0 Å². The van der Waals surface area contributed by atoms with Crippen LogP contribution in [0.1, 0.15) is 15.9 Å². The smallest absolute Gasteiger partial charge is 0.173 e. The fourth-order valence-electron chi connectivity index (χ4n) is 0.965. The minimum atomic E-state index is 0.119. The fraction of sp³-hybridized carbons (Fsp3) is 0.222. The molecule has 0 aliphatic rings. The Balaban J connectivity index is 3.20. The van der Waals surface area contributed by atoms with Gasteiger partial charge in [-0.2, -0.15) is 0 Å². The van der Waals surface area contributed by atoms with E-state index >= 15 is 0 Å². The van der Waals surface area contributed by atoms with E-state index in [1.807, 2.05) is 19.1 Å². The lowest BCUT2D eigenvalue weighted by atomic mass is 10.1. The van der Waals surface area contributed by atoms with E-state index < -0.39 is 0 Å². The zero-order chi connectivity index (χ0) is 10.0. The zero-order valence-corrected chi connectivity index (χ0v) is 12.2. The van der Waals surface area contributed by atoms with E-state index in [-0.39, 0.29) is 5.78 Å². The molecule has 0 aliphatic carbocycles. The molecule has 0 aliphatic heterocycles. The van der Waals surface area contributed by atoms with E-state index in [1.165, 1.54) is 0 Å². The Labute approximate surface area is 108 Å². The van der Waals surface area contributed by atoms with Gasteiger partial charge in [0.15, 0.2) is 5.78 Å². The first kappa shape index (κ1) is 11.7. The highest BCUT2D eigenvalue weighted by Crippen LogP contribution is 2.25. The molecule has 0 saturated carbocycles. The van der Waals surface area contributed by atoms with Crippen LogP contribution in [0.2, 0.25) is 0 Å². The highest BCUT2D eigenvalue weighted by atomic mass is 127. The second-order valence-electron chi connectivity index (χ2n) is 2.65. The summed E-state index contributed by atoms with van der Waals surface area (Å²) in [5, 5.41) is 0.379. The molecule has 13 heavy (non-hydrogen) atoms. The summed E-state index contributed by atoms with van der Waals surface area (Å²) in [5.41, 5.74) is 1.86. The molecular weight excluding hydrogens is 411 g/mol. The van der Waals surface area contributed by atoms with E-state index in [2.05, 4.69) is 54.5 Å². The van der Waals surface area contributed by atoms with Gasteiger partial charge in [0.2, 0.25) is 0 Å². The van der Waals surface area contributed by atoms with Crippen molar-refractivity contribution in [2.45, 2.75) is 6.92 Å². The number of hydrogen-bond acceptors (Lipinski definition) is 1. The molecule has 0 amide bonds. The summed E-state index contributed by atoms with van der Waals surface area (Å²) in [6, 6.07) is 3.79. The third-order valence-corrected chi connectivity index (χ3v) is 4.81. The summed E-state index contributed by atoms with van der Waals surface area (Å²) in [4.78, 5) is 11.4. The summed E-state index contributed by atoms with van der Waals surface area (Å²) in [7, 11) is 0. The van der Waals surface area contributed by atoms with Crippen molar-refractivity contribution in [1.82, 2.24) is 0 Å². The Bertz CT molecular complexity index is 326. The van der Waals surface area contributed by atoms with E-state index in [1.54, 1.807) is 0 Å². The molecule has 0 saturated heterocycles. The second-order valence-corrected chi connectivity index (χ2v) is 5.16. The number of benzene rings is 1. The van der Waals surface area contributed by atoms with Crippen molar-refractivity contribution in [3.05, 3.63) is 31.3 Å². The minimum absolute atomic E-state index is 0.119. The first-order valence-corrected chi connectivity index (χ1v) is 6.60. The van der Waals surface area contributed by atoms with Gasteiger partial charge >= 0.3 is 0 Å². The van der Waals surface area contributed by atoms with Gasteiger partial charge in [0.25, 0.3) is 0 Å². The van der Waals surface area contributed by atoms with Crippen molar-refractivity contribution in [2.75, 3.05) is 5.33 Å². The van der Waals surface area contributed by atoms with Crippen LogP contribution >= 0.6 is 54.5 Å². The predicted octanol–water partition coefficient (Wildman–Crippen LogP) is 3.94. The maximum absolute atomic E-state index is 11.4. The number of carbonyl (C=O) groups excluding carboxylic acids is 1. The third kappa shape index (κ3) is 2.76. The standard InChI is InChI=1S/C9H7Br2IO/c1-5-2-6(8(13)4-10)3-7(12)9(5)11/h2-3H,4H2,1H3. The maximum atomic E-state index is 11.4. The summed E-state index contributed by atoms with van der Waals surface area (Å²) < 4.78 is 2.14. The van der Waals surface area contributed by atoms with Crippen molar-refractivity contribution in [3.63, 3.8) is 0 Å². The molecule has 70 valence electrons. The Morgan fingerprint density at radius 2 is 2.15 bits per heavy atom. The number of alkyl halides is 1. The third-order valence-electron chi connectivity index (χ3n) is 1.65. The average molecular weight is 418 g/mol. The van der Waals surface area contributed by atoms with Gasteiger partial charge in [0, 0.05) is 13.6 Å². The largest absolute Gasteiger partial charge is 0.293 e. The molecule has 0 N–H and O–H groups in total. The fourth-order valence-corrected chi connectivity index (χ4v) is 2.28. The highest BCUT2D eigenvalue weighted by Gasteiger charge is 2.08. The van der Waals surface area contributed by atoms with Gasteiger partial charge in [-0.05, 0) is 63.1 Å². The summed E-state index contributed by atoms with van der Waals surface area (Å²) in [6.07, 6.45) is 0. The number of carbonyl (C=O) groups is 1. The van der Waals surface area contributed by atoms with E-state index in [4.69, 9.17) is 0 Å². The van der Waals surface area contributed by atoms with Crippen molar-refractivity contribution < 1.29 is 4.79 Å². The van der Waals surface area contributed by atoms with E-state index in [9.17, 15) is 4.79 Å². The Morgan fingerprint density at radius 1 is 1.54 bits per heavy atom. The molecule has 0 fully saturated rings. The van der Waals surface area contributed by atoms with Crippen LogP contribution in [0.5, 0.6) is 0 Å². The molecule has 1 nitrogen and oxygen atoms in total. The number of rotatable bonds is 2. The molecule has 0 radical (unpaired) electrons. The second kappa shape index (κ2) is 4.89. The SMILES string of the molecule is Cc1cc(C(=O)CBr)cc(I)c1Br. The summed E-state index contributed by atoms with van der Waals surface area (Å²) >= 11 is 8.82. The molecular formula is C9H7Br2IO. The number of aryl methyl sites for hydroxylation is 1. The normalized spacial score (nSPS) is 10.2. The lowest BCUT2D eigenvalue weighted by Gasteiger charge is -2.04. The molecule has 1 rings (SSSR count). The van der Waals surface area contributed by atoms with Gasteiger partial charge in [-0.3, -0.25) is 4.79 Å². The van der Waals surface area contributed by atoms with Crippen molar-refractivity contribution in [3.8, 4) is 0 Å². The predicted molar refractivity (Wildman–Crippen MR) is 69.7 cm³/mol. The molecule has 0 unspecified atom stereocenters. The number of hydrogen-bond donors (Lipinski definition) is 0. The summed E-state index contributed by atoms with van der Waals surface area (Å²) in [6.45, 7) is 1.98. The van der Waals surface area contributed by atoms with Crippen molar-refractivity contribution in [2.24, 2.45) is 0 Å². The van der Waals surface area contributed by atoms with Gasteiger partial charge in [0.1, 0.15) is 0 Å². The first-order chi connectivity index (χ1) is 6.06. The molecule has 0 heterocycles. The van der Waals surface area contributed by atoms with Gasteiger partial charge in [-0.25, -0.2) is 0 Å². The lowest BCUT2D eigenvalue weighted by Crippen LogP contribution is -2.01. The molecule has 0 atom stereocenters. The van der Waals surface area contributed by atoms with Gasteiger partial charge in [-0.1, -0.05) is 15.9 Å². The molecule has 0 bridgehead atoms. The number of halogens is 3. The van der Waals surface area contributed by atoms with Crippen LogP contribution in [-0.2, 0) is 0 Å². The van der Waals surface area contributed by atoms with E-state index in [0.29, 0.717) is 5.33 Å². The van der Waals surface area contributed by atoms with Crippen molar-refractivity contribution in [1.29, 1.82) is 0 Å². The lowest BCUT2D eigenvalue weighted by molar-refractivity contribution is 0.102. The number of Topliss-reactive ketones (excluding diaryl/α,β-unsaturated/α-hetero) is 1. The first-order valence-electron chi connectivity index (χ1n) is 3.61. The van der Waals surface area contributed by atoms with Gasteiger partial charge in [-0.15, -0.1) is 0 Å². The molecule has 0 aromatic heterocycles. The van der Waals surface area contributed by atoms with Crippen LogP contribution in [0.15, 0.2) is 16.6 Å². The van der Waals surface area contributed by atoms with Crippen LogP contribution < -0.4 is 0 Å². The quantitative estimate of drug-likeness (QED) is 0.405. The zero-order valence-electron chi connectivity index (χ0n) is 6.90. The molecule has 4 heteroatoms. The topological polar surface area (TPSA) is 17.1 Å². The van der Waals surface area contributed by atoms with Crippen LogP contribution in [0.4, 0.5) is 0 Å². The average Bonchev–Trinajstić information content (AvgIpc) is 2.12. The minimum Gasteiger partial charge on any atom is -0.293 e. The van der Waals surface area contributed by atoms with E-state index in [0.717, 1.165) is 19.2 Å². The Kier molecular flexibility index (Phi) is 4.38. The molecule has 0 spiro atoms. The Morgan fingerprint density at radius 3 is 2.62 bits per heavy atom. The van der Waals surface area contributed by atoms with Gasteiger partial charge < -0.3 is 0 Å². The molecule has 1 aromatic rings. The number of ketones is 1. The maximum Gasteiger partial charge on any atom is 0.173 e. The van der Waals surface area contributed by atoms with Crippen LogP contribution in [0, 0.1) is 10.5 Å². The molecule has 1 aromatic carbocycles. The van der Waals surface area contributed by atoms with Crippen LogP contribution in [-0.4, -0.2) is 11.1 Å². The van der Waals surface area contributed by atoms with Crippen molar-refractivity contribution >= 4 is 60.2 Å².